The first-order chi connectivity index (χ1) is 10.0. The number of phenols is 1. The number of para-hydroxylation sites is 1. The molecule has 2 amide bonds. The monoisotopic (exact) mass is 292 g/mol. The Morgan fingerprint density at radius 2 is 2.00 bits per heavy atom. The predicted molar refractivity (Wildman–Crippen MR) is 77.4 cm³/mol. The molecule has 21 heavy (non-hydrogen) atoms. The molecule has 0 aromatic heterocycles. The third-order valence-corrected chi connectivity index (χ3v) is 3.60. The van der Waals surface area contributed by atoms with Gasteiger partial charge in [0.25, 0.3) is 5.91 Å². The van der Waals surface area contributed by atoms with Crippen molar-refractivity contribution < 1.29 is 19.4 Å². The lowest BCUT2D eigenvalue weighted by Gasteiger charge is -2.21. The number of phenolic OH excluding ortho intramolecular Hbond substituents is 1. The lowest BCUT2D eigenvalue weighted by Crippen LogP contribution is -2.45. The van der Waals surface area contributed by atoms with Crippen molar-refractivity contribution in [3.8, 4) is 11.5 Å². The molecule has 0 radical (unpaired) electrons. The van der Waals surface area contributed by atoms with Crippen LogP contribution in [0.15, 0.2) is 18.2 Å². The number of methoxy groups -OCH3 is 1. The quantitative estimate of drug-likeness (QED) is 0.872. The summed E-state index contributed by atoms with van der Waals surface area (Å²) in [7, 11) is 1.41. The Balaban J connectivity index is 2.05. The lowest BCUT2D eigenvalue weighted by molar-refractivity contribution is -0.131. The van der Waals surface area contributed by atoms with Crippen LogP contribution >= 0.6 is 0 Å². The highest BCUT2D eigenvalue weighted by atomic mass is 16.5. The van der Waals surface area contributed by atoms with Crippen LogP contribution in [-0.2, 0) is 4.79 Å². The van der Waals surface area contributed by atoms with Gasteiger partial charge >= 0.3 is 0 Å². The maximum atomic E-state index is 12.2. The van der Waals surface area contributed by atoms with E-state index >= 15 is 0 Å². The number of ether oxygens (including phenoxy) is 1. The highest BCUT2D eigenvalue weighted by molar-refractivity contribution is 6.00. The molecule has 0 spiro atoms. The van der Waals surface area contributed by atoms with Crippen molar-refractivity contribution in [3.63, 3.8) is 0 Å². The van der Waals surface area contributed by atoms with Gasteiger partial charge < -0.3 is 20.1 Å². The topological polar surface area (TPSA) is 78.9 Å². The molecule has 1 aliphatic heterocycles. The standard InChI is InChI=1S/C15H20N2O4/c1-10(15(20)17-8-3-4-9-17)16-14(19)11-6-5-7-12(21-2)13(11)18/h5-7,10,18H,3-4,8-9H2,1-2H3,(H,16,19). The van der Waals surface area contributed by atoms with Gasteiger partial charge in [-0.15, -0.1) is 0 Å². The van der Waals surface area contributed by atoms with Gasteiger partial charge in [0.05, 0.1) is 12.7 Å². The molecule has 0 saturated carbocycles. The van der Waals surface area contributed by atoms with E-state index in [-0.39, 0.29) is 23.0 Å². The van der Waals surface area contributed by atoms with Crippen molar-refractivity contribution in [3.05, 3.63) is 23.8 Å². The van der Waals surface area contributed by atoms with E-state index in [4.69, 9.17) is 4.74 Å². The number of likely N-dealkylation sites (tertiary alicyclic amines) is 1. The van der Waals surface area contributed by atoms with E-state index in [1.54, 1.807) is 24.0 Å². The summed E-state index contributed by atoms with van der Waals surface area (Å²) in [6.45, 7) is 3.13. The lowest BCUT2D eigenvalue weighted by atomic mass is 10.1. The van der Waals surface area contributed by atoms with Crippen LogP contribution in [-0.4, -0.2) is 48.1 Å². The van der Waals surface area contributed by atoms with E-state index in [1.807, 2.05) is 0 Å². The van der Waals surface area contributed by atoms with Gasteiger partial charge in [0.1, 0.15) is 6.04 Å². The number of nitrogens with one attached hydrogen (secondary N) is 1. The number of amides is 2. The van der Waals surface area contributed by atoms with Gasteiger partial charge in [-0.05, 0) is 31.9 Å². The number of rotatable bonds is 4. The van der Waals surface area contributed by atoms with E-state index in [9.17, 15) is 14.7 Å². The molecule has 1 unspecified atom stereocenters. The third kappa shape index (κ3) is 3.26. The Hall–Kier alpha value is -2.24. The summed E-state index contributed by atoms with van der Waals surface area (Å²) in [4.78, 5) is 26.1. The van der Waals surface area contributed by atoms with Gasteiger partial charge in [-0.2, -0.15) is 0 Å². The van der Waals surface area contributed by atoms with Gasteiger partial charge in [0, 0.05) is 13.1 Å². The number of hydrogen-bond acceptors (Lipinski definition) is 4. The summed E-state index contributed by atoms with van der Waals surface area (Å²) in [5.41, 5.74) is 0.0930. The highest BCUT2D eigenvalue weighted by Gasteiger charge is 2.25. The van der Waals surface area contributed by atoms with Gasteiger partial charge in [0.2, 0.25) is 5.91 Å². The largest absolute Gasteiger partial charge is 0.504 e. The molecule has 2 N–H and O–H groups in total. The second-order valence-corrected chi connectivity index (χ2v) is 5.08. The third-order valence-electron chi connectivity index (χ3n) is 3.60. The van der Waals surface area contributed by atoms with Crippen molar-refractivity contribution in [2.24, 2.45) is 0 Å². The fourth-order valence-electron chi connectivity index (χ4n) is 2.42. The van der Waals surface area contributed by atoms with Crippen LogP contribution in [0.5, 0.6) is 11.5 Å². The van der Waals surface area contributed by atoms with Gasteiger partial charge in [0.15, 0.2) is 11.5 Å². The molecule has 114 valence electrons. The van der Waals surface area contributed by atoms with Crippen molar-refractivity contribution >= 4 is 11.8 Å². The summed E-state index contributed by atoms with van der Waals surface area (Å²) >= 11 is 0. The van der Waals surface area contributed by atoms with Crippen molar-refractivity contribution in [1.29, 1.82) is 0 Å². The molecule has 1 aliphatic rings. The Morgan fingerprint density at radius 3 is 2.62 bits per heavy atom. The zero-order valence-electron chi connectivity index (χ0n) is 12.3. The van der Waals surface area contributed by atoms with Crippen LogP contribution in [0.3, 0.4) is 0 Å². The van der Waals surface area contributed by atoms with Crippen LogP contribution in [0.1, 0.15) is 30.1 Å². The molecule has 1 heterocycles. The molecule has 6 heteroatoms. The van der Waals surface area contributed by atoms with Gasteiger partial charge in [-0.25, -0.2) is 0 Å². The minimum Gasteiger partial charge on any atom is -0.504 e. The number of carbonyl (C=O) groups excluding carboxylic acids is 2. The smallest absolute Gasteiger partial charge is 0.255 e. The maximum absolute atomic E-state index is 12.2. The second-order valence-electron chi connectivity index (χ2n) is 5.08. The molecule has 1 aromatic carbocycles. The summed E-state index contributed by atoms with van der Waals surface area (Å²) < 4.78 is 4.96. The Kier molecular flexibility index (Phi) is 4.67. The molecule has 0 bridgehead atoms. The molecular formula is C15H20N2O4. The Bertz CT molecular complexity index is 538. The SMILES string of the molecule is COc1cccc(C(=O)NC(C)C(=O)N2CCCC2)c1O. The maximum Gasteiger partial charge on any atom is 0.255 e. The number of nitrogens with zero attached hydrogens (tertiary/aromatic N) is 1. The first-order valence-corrected chi connectivity index (χ1v) is 7.00. The zero-order valence-corrected chi connectivity index (χ0v) is 12.3. The number of aromatic hydroxyl groups is 1. The minimum atomic E-state index is -0.624. The fourth-order valence-corrected chi connectivity index (χ4v) is 2.42. The van der Waals surface area contributed by atoms with Crippen LogP contribution in [0.25, 0.3) is 0 Å². The average Bonchev–Trinajstić information content (AvgIpc) is 3.00. The molecule has 1 saturated heterocycles. The summed E-state index contributed by atoms with van der Waals surface area (Å²) in [6.07, 6.45) is 2.01. The van der Waals surface area contributed by atoms with E-state index in [0.717, 1.165) is 25.9 Å². The van der Waals surface area contributed by atoms with Crippen LogP contribution < -0.4 is 10.1 Å². The second kappa shape index (κ2) is 6.47. The van der Waals surface area contributed by atoms with E-state index in [1.165, 1.54) is 13.2 Å². The van der Waals surface area contributed by atoms with Crippen molar-refractivity contribution in [2.45, 2.75) is 25.8 Å². The Labute approximate surface area is 123 Å². The summed E-state index contributed by atoms with van der Waals surface area (Å²) in [5, 5.41) is 12.6. The number of hydrogen-bond donors (Lipinski definition) is 2. The fraction of sp³-hybridized carbons (Fsp3) is 0.467. The first-order valence-electron chi connectivity index (χ1n) is 7.00. The molecule has 1 fully saturated rings. The first kappa shape index (κ1) is 15.2. The molecule has 1 aromatic rings. The average molecular weight is 292 g/mol. The molecule has 1 atom stereocenters. The summed E-state index contributed by atoms with van der Waals surface area (Å²) in [5.74, 6) is -0.589. The van der Waals surface area contributed by atoms with E-state index < -0.39 is 11.9 Å². The Morgan fingerprint density at radius 1 is 1.33 bits per heavy atom. The number of benzene rings is 1. The number of carbonyl (C=O) groups is 2. The van der Waals surface area contributed by atoms with Crippen molar-refractivity contribution in [2.75, 3.05) is 20.2 Å². The van der Waals surface area contributed by atoms with E-state index in [0.29, 0.717) is 0 Å². The molecule has 0 aliphatic carbocycles. The minimum absolute atomic E-state index is 0.0930. The van der Waals surface area contributed by atoms with Crippen molar-refractivity contribution in [1.82, 2.24) is 10.2 Å². The van der Waals surface area contributed by atoms with E-state index in [2.05, 4.69) is 5.32 Å². The van der Waals surface area contributed by atoms with Crippen LogP contribution in [0, 0.1) is 0 Å². The van der Waals surface area contributed by atoms with Gasteiger partial charge in [-0.3, -0.25) is 9.59 Å². The van der Waals surface area contributed by atoms with Gasteiger partial charge in [-0.1, -0.05) is 6.07 Å². The van der Waals surface area contributed by atoms with Crippen LogP contribution in [0.4, 0.5) is 0 Å². The summed E-state index contributed by atoms with van der Waals surface area (Å²) in [6, 6.07) is 4.03. The normalized spacial score (nSPS) is 15.6. The molecule has 6 nitrogen and oxygen atoms in total. The molecular weight excluding hydrogens is 272 g/mol. The predicted octanol–water partition coefficient (Wildman–Crippen LogP) is 1.14. The van der Waals surface area contributed by atoms with Crippen LogP contribution in [0.2, 0.25) is 0 Å². The molecule has 2 rings (SSSR count). The highest BCUT2D eigenvalue weighted by Crippen LogP contribution is 2.29. The zero-order chi connectivity index (χ0) is 15.4.